The normalized spacial score (nSPS) is 11.1. The number of para-hydroxylation sites is 2. The second kappa shape index (κ2) is 7.41. The first kappa shape index (κ1) is 17.5. The molecule has 3 aromatic carbocycles. The number of ether oxygens (including phenoxy) is 1. The Hall–Kier alpha value is -3.64. The molecule has 0 aliphatic carbocycles. The number of halogens is 1. The van der Waals surface area contributed by atoms with E-state index in [9.17, 15) is 0 Å². The van der Waals surface area contributed by atoms with Gasteiger partial charge in [0, 0.05) is 10.6 Å². The molecule has 0 radical (unpaired) electrons. The zero-order chi connectivity index (χ0) is 19.6. The number of benzene rings is 3. The van der Waals surface area contributed by atoms with Crippen LogP contribution in [0, 0.1) is 0 Å². The Morgan fingerprint density at radius 1 is 0.931 bits per heavy atom. The van der Waals surface area contributed by atoms with Gasteiger partial charge in [-0.3, -0.25) is 0 Å². The smallest absolute Gasteiger partial charge is 0.138 e. The maximum absolute atomic E-state index is 5.92. The van der Waals surface area contributed by atoms with Crippen LogP contribution in [0.1, 0.15) is 5.69 Å². The summed E-state index contributed by atoms with van der Waals surface area (Å²) in [5.41, 5.74) is 4.60. The van der Waals surface area contributed by atoms with E-state index in [1.165, 1.54) is 0 Å². The summed E-state index contributed by atoms with van der Waals surface area (Å²) in [6.07, 6.45) is 1.84. The molecule has 142 valence electrons. The average molecular weight is 402 g/mol. The molecule has 7 heteroatoms. The first-order chi connectivity index (χ1) is 14.2. The maximum Gasteiger partial charge on any atom is 0.138 e. The molecule has 29 heavy (non-hydrogen) atoms. The fourth-order valence-electron chi connectivity index (χ4n) is 3.04. The topological polar surface area (TPSA) is 68.6 Å². The molecule has 2 aromatic heterocycles. The number of imidazole rings is 1. The molecule has 0 aliphatic rings. The van der Waals surface area contributed by atoms with Gasteiger partial charge in [0.05, 0.1) is 22.9 Å². The molecule has 0 atom stereocenters. The van der Waals surface area contributed by atoms with Crippen molar-refractivity contribution in [2.45, 2.75) is 6.61 Å². The molecular weight excluding hydrogens is 386 g/mol. The van der Waals surface area contributed by atoms with Crippen molar-refractivity contribution in [1.29, 1.82) is 0 Å². The van der Waals surface area contributed by atoms with Crippen molar-refractivity contribution < 1.29 is 4.74 Å². The van der Waals surface area contributed by atoms with E-state index in [1.54, 1.807) is 4.68 Å². The third-order valence-electron chi connectivity index (χ3n) is 4.54. The molecule has 5 aromatic rings. The van der Waals surface area contributed by atoms with Gasteiger partial charge in [-0.25, -0.2) is 9.67 Å². The van der Waals surface area contributed by atoms with Crippen molar-refractivity contribution in [3.05, 3.63) is 89.7 Å². The van der Waals surface area contributed by atoms with Gasteiger partial charge < -0.3 is 9.72 Å². The van der Waals surface area contributed by atoms with E-state index in [-0.39, 0.29) is 0 Å². The molecule has 2 heterocycles. The Kier molecular flexibility index (Phi) is 4.46. The number of aromatic nitrogens is 5. The molecule has 0 saturated carbocycles. The van der Waals surface area contributed by atoms with Gasteiger partial charge in [0.15, 0.2) is 0 Å². The van der Waals surface area contributed by atoms with Crippen LogP contribution in [-0.2, 0) is 6.61 Å². The lowest BCUT2D eigenvalue weighted by Gasteiger charge is -2.04. The summed E-state index contributed by atoms with van der Waals surface area (Å²) in [6, 6.07) is 23.2. The Morgan fingerprint density at radius 2 is 1.72 bits per heavy atom. The van der Waals surface area contributed by atoms with Crippen LogP contribution < -0.4 is 4.74 Å². The van der Waals surface area contributed by atoms with E-state index in [1.807, 2.05) is 79.0 Å². The van der Waals surface area contributed by atoms with Crippen molar-refractivity contribution in [2.75, 3.05) is 0 Å². The van der Waals surface area contributed by atoms with E-state index in [0.29, 0.717) is 11.6 Å². The molecule has 0 spiro atoms. The summed E-state index contributed by atoms with van der Waals surface area (Å²) in [7, 11) is 0. The number of nitrogens with zero attached hydrogens (tertiary/aromatic N) is 4. The summed E-state index contributed by atoms with van der Waals surface area (Å²) in [5.74, 6) is 1.59. The van der Waals surface area contributed by atoms with Crippen molar-refractivity contribution >= 4 is 22.6 Å². The SMILES string of the molecule is Clc1ccc(-n2cc(COc3ccc(-c4nc5ccccc5[nH]4)cc3)nn2)cc1. The van der Waals surface area contributed by atoms with Crippen molar-refractivity contribution in [3.8, 4) is 22.8 Å². The zero-order valence-electron chi connectivity index (χ0n) is 15.3. The van der Waals surface area contributed by atoms with Gasteiger partial charge in [-0.05, 0) is 60.7 Å². The molecule has 0 amide bonds. The number of hydrogen-bond donors (Lipinski definition) is 1. The Balaban J connectivity index is 1.26. The van der Waals surface area contributed by atoms with Gasteiger partial charge in [0.25, 0.3) is 0 Å². The van der Waals surface area contributed by atoms with Crippen LogP contribution in [0.3, 0.4) is 0 Å². The molecule has 0 fully saturated rings. The first-order valence-corrected chi connectivity index (χ1v) is 9.47. The van der Waals surface area contributed by atoms with Crippen LogP contribution in [0.15, 0.2) is 79.0 Å². The fourth-order valence-corrected chi connectivity index (χ4v) is 3.17. The largest absolute Gasteiger partial charge is 0.487 e. The van der Waals surface area contributed by atoms with Gasteiger partial charge in [-0.15, -0.1) is 5.10 Å². The molecule has 0 bridgehead atoms. The van der Waals surface area contributed by atoms with Crippen LogP contribution in [0.25, 0.3) is 28.1 Å². The lowest BCUT2D eigenvalue weighted by Crippen LogP contribution is -1.96. The minimum absolute atomic E-state index is 0.331. The van der Waals surface area contributed by atoms with Crippen LogP contribution in [0.4, 0.5) is 0 Å². The Morgan fingerprint density at radius 3 is 2.52 bits per heavy atom. The number of rotatable bonds is 5. The minimum Gasteiger partial charge on any atom is -0.487 e. The molecule has 6 nitrogen and oxygen atoms in total. The first-order valence-electron chi connectivity index (χ1n) is 9.10. The number of hydrogen-bond acceptors (Lipinski definition) is 4. The fraction of sp³-hybridized carbons (Fsp3) is 0.0455. The van der Waals surface area contributed by atoms with Gasteiger partial charge in [0.2, 0.25) is 0 Å². The molecule has 0 aliphatic heterocycles. The lowest BCUT2D eigenvalue weighted by atomic mass is 10.2. The van der Waals surface area contributed by atoms with E-state index in [2.05, 4.69) is 20.3 Å². The highest BCUT2D eigenvalue weighted by atomic mass is 35.5. The van der Waals surface area contributed by atoms with Crippen molar-refractivity contribution in [2.24, 2.45) is 0 Å². The summed E-state index contributed by atoms with van der Waals surface area (Å²) < 4.78 is 7.54. The summed E-state index contributed by atoms with van der Waals surface area (Å²) in [4.78, 5) is 7.95. The molecule has 0 unspecified atom stereocenters. The van der Waals surface area contributed by atoms with Crippen molar-refractivity contribution in [3.63, 3.8) is 0 Å². The van der Waals surface area contributed by atoms with Crippen LogP contribution in [0.2, 0.25) is 5.02 Å². The summed E-state index contributed by atoms with van der Waals surface area (Å²) in [5, 5.41) is 8.98. The number of nitrogens with one attached hydrogen (secondary N) is 1. The Labute approximate surface area is 171 Å². The average Bonchev–Trinajstić information content (AvgIpc) is 3.40. The molecule has 5 rings (SSSR count). The standard InChI is InChI=1S/C22H16ClN5O/c23-16-7-9-18(10-8-16)28-13-17(26-27-28)14-29-19-11-5-15(6-12-19)22-24-20-3-1-2-4-21(20)25-22/h1-13H,14H2,(H,24,25). The molecular formula is C22H16ClN5O. The van der Waals surface area contributed by atoms with Crippen LogP contribution >= 0.6 is 11.6 Å². The summed E-state index contributed by atoms with van der Waals surface area (Å²) >= 11 is 5.92. The highest BCUT2D eigenvalue weighted by Gasteiger charge is 2.07. The van der Waals surface area contributed by atoms with E-state index in [4.69, 9.17) is 16.3 Å². The number of H-pyrrole nitrogens is 1. The van der Waals surface area contributed by atoms with Crippen LogP contribution in [-0.4, -0.2) is 25.0 Å². The highest BCUT2D eigenvalue weighted by molar-refractivity contribution is 6.30. The third-order valence-corrected chi connectivity index (χ3v) is 4.79. The van der Waals surface area contributed by atoms with Gasteiger partial charge in [-0.1, -0.05) is 28.9 Å². The summed E-state index contributed by atoms with van der Waals surface area (Å²) in [6.45, 7) is 0.331. The molecule has 1 N–H and O–H groups in total. The maximum atomic E-state index is 5.92. The quantitative estimate of drug-likeness (QED) is 0.447. The van der Waals surface area contributed by atoms with Gasteiger partial charge in [0.1, 0.15) is 23.9 Å². The number of fused-ring (bicyclic) bond motifs is 1. The third kappa shape index (κ3) is 3.70. The minimum atomic E-state index is 0.331. The van der Waals surface area contributed by atoms with Crippen molar-refractivity contribution in [1.82, 2.24) is 25.0 Å². The van der Waals surface area contributed by atoms with E-state index in [0.717, 1.165) is 39.6 Å². The predicted molar refractivity (Wildman–Crippen MR) is 112 cm³/mol. The second-order valence-corrected chi connectivity index (χ2v) is 6.98. The highest BCUT2D eigenvalue weighted by Crippen LogP contribution is 2.23. The second-order valence-electron chi connectivity index (χ2n) is 6.55. The van der Waals surface area contributed by atoms with Gasteiger partial charge >= 0.3 is 0 Å². The monoisotopic (exact) mass is 401 g/mol. The lowest BCUT2D eigenvalue weighted by molar-refractivity contribution is 0.301. The van der Waals surface area contributed by atoms with E-state index < -0.39 is 0 Å². The van der Waals surface area contributed by atoms with E-state index >= 15 is 0 Å². The number of aromatic amines is 1. The van der Waals surface area contributed by atoms with Crippen LogP contribution in [0.5, 0.6) is 5.75 Å². The predicted octanol–water partition coefficient (Wildman–Crippen LogP) is 5.04. The molecule has 0 saturated heterocycles. The van der Waals surface area contributed by atoms with Gasteiger partial charge in [-0.2, -0.15) is 0 Å². The zero-order valence-corrected chi connectivity index (χ0v) is 16.0. The Bertz CT molecular complexity index is 1230.